The molecule has 1 aliphatic rings. The maximum absolute atomic E-state index is 13.6. The average Bonchev–Trinajstić information content (AvgIpc) is 2.47. The highest BCUT2D eigenvalue weighted by molar-refractivity contribution is 9.10. The second-order valence-corrected chi connectivity index (χ2v) is 6.08. The minimum atomic E-state index is -0.921. The van der Waals surface area contributed by atoms with Crippen LogP contribution in [0.3, 0.4) is 0 Å². The molecule has 6 heteroatoms. The minimum Gasteiger partial charge on any atom is -0.340 e. The highest BCUT2D eigenvalue weighted by Crippen LogP contribution is 2.34. The Bertz CT molecular complexity index is 587. The molecule has 0 radical (unpaired) electrons. The fourth-order valence-corrected chi connectivity index (χ4v) is 3.07. The van der Waals surface area contributed by atoms with E-state index in [2.05, 4.69) is 21.2 Å². The van der Waals surface area contributed by atoms with Gasteiger partial charge in [-0.2, -0.15) is 0 Å². The number of hydrogen-bond acceptors (Lipinski definition) is 2. The normalized spacial score (nSPS) is 21.4. The SMILES string of the molecule is CCC1(CC)NC(=O)C(C)N(c2cc(F)ccc2Br)C1=O. The summed E-state index contributed by atoms with van der Waals surface area (Å²) in [5.41, 5.74) is -0.538. The lowest BCUT2D eigenvalue weighted by atomic mass is 9.87. The van der Waals surface area contributed by atoms with Gasteiger partial charge in [0.25, 0.3) is 5.91 Å². The summed E-state index contributed by atoms with van der Waals surface area (Å²) in [5, 5.41) is 2.82. The molecule has 0 spiro atoms. The molecule has 4 nitrogen and oxygen atoms in total. The third-order valence-corrected chi connectivity index (χ3v) is 4.80. The van der Waals surface area contributed by atoms with Crippen LogP contribution in [0.4, 0.5) is 10.1 Å². The number of rotatable bonds is 3. The van der Waals surface area contributed by atoms with Gasteiger partial charge in [0.1, 0.15) is 17.4 Å². The Morgan fingerprint density at radius 2 is 1.95 bits per heavy atom. The van der Waals surface area contributed by atoms with Crippen LogP contribution in [0.2, 0.25) is 0 Å². The summed E-state index contributed by atoms with van der Waals surface area (Å²) in [4.78, 5) is 26.5. The van der Waals surface area contributed by atoms with Crippen LogP contribution in [0.25, 0.3) is 0 Å². The van der Waals surface area contributed by atoms with Crippen LogP contribution >= 0.6 is 15.9 Å². The highest BCUT2D eigenvalue weighted by Gasteiger charge is 2.48. The number of amides is 2. The van der Waals surface area contributed by atoms with E-state index in [1.54, 1.807) is 6.92 Å². The molecule has 2 amide bonds. The van der Waals surface area contributed by atoms with Gasteiger partial charge in [0.05, 0.1) is 5.69 Å². The van der Waals surface area contributed by atoms with Gasteiger partial charge in [0, 0.05) is 4.47 Å². The number of carbonyl (C=O) groups excluding carboxylic acids is 2. The molecule has 1 aromatic carbocycles. The monoisotopic (exact) mass is 356 g/mol. The zero-order chi connectivity index (χ0) is 15.8. The van der Waals surface area contributed by atoms with Crippen molar-refractivity contribution >= 4 is 33.4 Å². The van der Waals surface area contributed by atoms with E-state index in [0.29, 0.717) is 23.0 Å². The molecular weight excluding hydrogens is 339 g/mol. The third-order valence-electron chi connectivity index (χ3n) is 4.13. The fourth-order valence-electron chi connectivity index (χ4n) is 2.64. The summed E-state index contributed by atoms with van der Waals surface area (Å²) in [5.74, 6) is -0.877. The lowest BCUT2D eigenvalue weighted by Crippen LogP contribution is -2.69. The van der Waals surface area contributed by atoms with Gasteiger partial charge in [-0.25, -0.2) is 4.39 Å². The number of anilines is 1. The van der Waals surface area contributed by atoms with Gasteiger partial charge in [-0.1, -0.05) is 13.8 Å². The number of carbonyl (C=O) groups is 2. The second kappa shape index (κ2) is 5.75. The summed E-state index contributed by atoms with van der Waals surface area (Å²) < 4.78 is 14.1. The van der Waals surface area contributed by atoms with Crippen molar-refractivity contribution in [2.24, 2.45) is 0 Å². The van der Waals surface area contributed by atoms with Gasteiger partial charge in [-0.15, -0.1) is 0 Å². The summed E-state index contributed by atoms with van der Waals surface area (Å²) in [6, 6.07) is 3.44. The van der Waals surface area contributed by atoms with Crippen molar-refractivity contribution in [1.29, 1.82) is 0 Å². The van der Waals surface area contributed by atoms with Gasteiger partial charge < -0.3 is 5.32 Å². The molecule has 1 unspecified atom stereocenters. The Morgan fingerprint density at radius 3 is 2.52 bits per heavy atom. The zero-order valence-electron chi connectivity index (χ0n) is 12.2. The molecule has 1 fully saturated rings. The minimum absolute atomic E-state index is 0.203. The molecule has 1 N–H and O–H groups in total. The molecule has 0 saturated carbocycles. The molecule has 1 saturated heterocycles. The molecule has 1 aliphatic heterocycles. The van der Waals surface area contributed by atoms with E-state index < -0.39 is 17.4 Å². The second-order valence-electron chi connectivity index (χ2n) is 5.23. The summed E-state index contributed by atoms with van der Waals surface area (Å²) in [7, 11) is 0. The van der Waals surface area contributed by atoms with Crippen molar-refractivity contribution < 1.29 is 14.0 Å². The first kappa shape index (κ1) is 15.9. The number of hydrogen-bond donors (Lipinski definition) is 1. The van der Waals surface area contributed by atoms with E-state index in [9.17, 15) is 14.0 Å². The summed E-state index contributed by atoms with van der Waals surface area (Å²) in [6.07, 6.45) is 0.981. The maximum atomic E-state index is 13.6. The van der Waals surface area contributed by atoms with Crippen LogP contribution in [-0.2, 0) is 9.59 Å². The maximum Gasteiger partial charge on any atom is 0.253 e. The van der Waals surface area contributed by atoms with Crippen LogP contribution in [0.15, 0.2) is 22.7 Å². The van der Waals surface area contributed by atoms with E-state index in [4.69, 9.17) is 0 Å². The topological polar surface area (TPSA) is 49.4 Å². The Labute approximate surface area is 131 Å². The predicted octanol–water partition coefficient (Wildman–Crippen LogP) is 3.00. The quantitative estimate of drug-likeness (QED) is 0.904. The molecule has 1 atom stereocenters. The predicted molar refractivity (Wildman–Crippen MR) is 82.5 cm³/mol. The van der Waals surface area contributed by atoms with Crippen molar-refractivity contribution in [3.63, 3.8) is 0 Å². The van der Waals surface area contributed by atoms with Crippen molar-refractivity contribution in [1.82, 2.24) is 5.32 Å². The molecule has 1 aromatic rings. The largest absolute Gasteiger partial charge is 0.340 e. The van der Waals surface area contributed by atoms with Crippen molar-refractivity contribution in [2.45, 2.75) is 45.2 Å². The first-order chi connectivity index (χ1) is 9.86. The van der Waals surface area contributed by atoms with Crippen LogP contribution < -0.4 is 10.2 Å². The molecule has 114 valence electrons. The lowest BCUT2D eigenvalue weighted by molar-refractivity contribution is -0.138. The first-order valence-electron chi connectivity index (χ1n) is 6.97. The van der Waals surface area contributed by atoms with Crippen molar-refractivity contribution in [2.75, 3.05) is 4.90 Å². The highest BCUT2D eigenvalue weighted by atomic mass is 79.9. The van der Waals surface area contributed by atoms with Crippen LogP contribution in [0, 0.1) is 5.82 Å². The summed E-state index contributed by atoms with van der Waals surface area (Å²) in [6.45, 7) is 5.35. The van der Waals surface area contributed by atoms with Crippen LogP contribution in [0.5, 0.6) is 0 Å². The molecule has 1 heterocycles. The van der Waals surface area contributed by atoms with Crippen LogP contribution in [0.1, 0.15) is 33.6 Å². The Morgan fingerprint density at radius 1 is 1.33 bits per heavy atom. The lowest BCUT2D eigenvalue weighted by Gasteiger charge is -2.44. The van der Waals surface area contributed by atoms with E-state index in [1.807, 2.05) is 13.8 Å². The number of nitrogens with zero attached hydrogens (tertiary/aromatic N) is 1. The van der Waals surface area contributed by atoms with Gasteiger partial charge in [0.15, 0.2) is 0 Å². The molecular formula is C15H18BrFN2O2. The zero-order valence-corrected chi connectivity index (χ0v) is 13.8. The first-order valence-corrected chi connectivity index (χ1v) is 7.76. The van der Waals surface area contributed by atoms with Crippen LogP contribution in [-0.4, -0.2) is 23.4 Å². The Hall–Kier alpha value is -1.43. The molecule has 0 bridgehead atoms. The van der Waals surface area contributed by atoms with Gasteiger partial charge >= 0.3 is 0 Å². The Kier molecular flexibility index (Phi) is 4.37. The van der Waals surface area contributed by atoms with Gasteiger partial charge in [0.2, 0.25) is 5.91 Å². The number of halogens is 2. The standard InChI is InChI=1S/C15H18BrFN2O2/c1-4-15(5-2)14(21)19(9(3)13(20)18-15)12-8-10(17)6-7-11(12)16/h6-9H,4-5H2,1-3H3,(H,18,20). The van der Waals surface area contributed by atoms with Crippen molar-refractivity contribution in [3.8, 4) is 0 Å². The molecule has 21 heavy (non-hydrogen) atoms. The van der Waals surface area contributed by atoms with Gasteiger partial charge in [-0.3, -0.25) is 14.5 Å². The number of nitrogens with one attached hydrogen (secondary N) is 1. The van der Waals surface area contributed by atoms with E-state index in [1.165, 1.54) is 23.1 Å². The average molecular weight is 357 g/mol. The number of benzene rings is 1. The van der Waals surface area contributed by atoms with Crippen molar-refractivity contribution in [3.05, 3.63) is 28.5 Å². The summed E-state index contributed by atoms with van der Waals surface area (Å²) >= 11 is 3.33. The fraction of sp³-hybridized carbons (Fsp3) is 0.467. The van der Waals surface area contributed by atoms with E-state index >= 15 is 0 Å². The smallest absolute Gasteiger partial charge is 0.253 e. The van der Waals surface area contributed by atoms with E-state index in [0.717, 1.165) is 0 Å². The molecule has 0 aliphatic carbocycles. The molecule has 0 aromatic heterocycles. The molecule has 2 rings (SSSR count). The van der Waals surface area contributed by atoms with Gasteiger partial charge in [-0.05, 0) is 53.9 Å². The third kappa shape index (κ3) is 2.57. The Balaban J connectivity index is 2.56. The number of piperazine rings is 1. The van der Waals surface area contributed by atoms with E-state index in [-0.39, 0.29) is 11.8 Å².